The van der Waals surface area contributed by atoms with Gasteiger partial charge in [0.05, 0.1) is 12.7 Å². The molecule has 2 N–H and O–H groups in total. The van der Waals surface area contributed by atoms with Gasteiger partial charge >= 0.3 is 0 Å². The lowest BCUT2D eigenvalue weighted by Crippen LogP contribution is -2.13. The molecule has 0 saturated carbocycles. The number of H-pyrrole nitrogens is 1. The van der Waals surface area contributed by atoms with Crippen LogP contribution in [-0.4, -0.2) is 18.0 Å². The number of amides is 1. The Morgan fingerprint density at radius 1 is 1.17 bits per heavy atom. The fraction of sp³-hybridized carbons (Fsp3) is 0.211. The van der Waals surface area contributed by atoms with E-state index < -0.39 is 0 Å². The maximum Gasteiger partial charge on any atom is 0.257 e. The van der Waals surface area contributed by atoms with E-state index in [1.807, 2.05) is 42.5 Å². The zero-order valence-electron chi connectivity index (χ0n) is 13.5. The van der Waals surface area contributed by atoms with Crippen molar-refractivity contribution in [2.24, 2.45) is 0 Å². The summed E-state index contributed by atoms with van der Waals surface area (Å²) in [5.74, 6) is 0.990. The van der Waals surface area contributed by atoms with Crippen molar-refractivity contribution in [1.82, 2.24) is 4.98 Å². The van der Waals surface area contributed by atoms with Crippen molar-refractivity contribution in [2.75, 3.05) is 12.4 Å². The quantitative estimate of drug-likeness (QED) is 0.742. The molecule has 0 atom stereocenters. The summed E-state index contributed by atoms with van der Waals surface area (Å²) in [7, 11) is 1.63. The summed E-state index contributed by atoms with van der Waals surface area (Å²) >= 11 is 0. The lowest BCUT2D eigenvalue weighted by Gasteiger charge is -2.13. The molecule has 0 aliphatic rings. The van der Waals surface area contributed by atoms with E-state index in [1.165, 1.54) is 0 Å². The number of carbonyl (C=O) groups excluding carboxylic acids is 1. The van der Waals surface area contributed by atoms with Crippen LogP contribution >= 0.6 is 0 Å². The minimum absolute atomic E-state index is 0.116. The third kappa shape index (κ3) is 2.93. The topological polar surface area (TPSA) is 54.1 Å². The number of hydrogen-bond donors (Lipinski definition) is 2. The van der Waals surface area contributed by atoms with Gasteiger partial charge in [-0.3, -0.25) is 4.79 Å². The van der Waals surface area contributed by atoms with Crippen LogP contribution in [0.3, 0.4) is 0 Å². The van der Waals surface area contributed by atoms with Gasteiger partial charge in [0, 0.05) is 28.9 Å². The molecule has 1 amide bonds. The van der Waals surface area contributed by atoms with E-state index >= 15 is 0 Å². The fourth-order valence-corrected chi connectivity index (χ4v) is 2.72. The molecule has 0 bridgehead atoms. The van der Waals surface area contributed by atoms with Crippen LogP contribution in [0.4, 0.5) is 5.69 Å². The van der Waals surface area contributed by atoms with Crippen LogP contribution in [-0.2, 0) is 0 Å². The smallest absolute Gasteiger partial charge is 0.257 e. The van der Waals surface area contributed by atoms with Crippen molar-refractivity contribution in [3.8, 4) is 5.75 Å². The standard InChI is InChI=1S/C19H20N2O2/c1-12(2)14-6-4-5-7-17(14)21-19(22)16-11-20-18-10-13(23-3)8-9-15(16)18/h4-12,20H,1-3H3,(H,21,22). The number of fused-ring (bicyclic) bond motifs is 1. The predicted octanol–water partition coefficient (Wildman–Crippen LogP) is 4.55. The summed E-state index contributed by atoms with van der Waals surface area (Å²) in [4.78, 5) is 15.8. The lowest BCUT2D eigenvalue weighted by atomic mass is 10.0. The molecule has 4 heteroatoms. The molecule has 0 saturated heterocycles. The van der Waals surface area contributed by atoms with Gasteiger partial charge in [-0.1, -0.05) is 32.0 Å². The maximum absolute atomic E-state index is 12.7. The van der Waals surface area contributed by atoms with Crippen LogP contribution in [0.5, 0.6) is 5.75 Å². The third-order valence-electron chi connectivity index (χ3n) is 3.96. The molecule has 3 rings (SSSR count). The fourth-order valence-electron chi connectivity index (χ4n) is 2.72. The second-order valence-corrected chi connectivity index (χ2v) is 5.81. The van der Waals surface area contributed by atoms with E-state index in [-0.39, 0.29) is 5.91 Å². The van der Waals surface area contributed by atoms with Crippen molar-refractivity contribution in [3.63, 3.8) is 0 Å². The molecule has 3 aromatic rings. The molecular formula is C19H20N2O2. The van der Waals surface area contributed by atoms with E-state index in [9.17, 15) is 4.79 Å². The van der Waals surface area contributed by atoms with Gasteiger partial charge in [0.15, 0.2) is 0 Å². The summed E-state index contributed by atoms with van der Waals surface area (Å²) in [5.41, 5.74) is 3.49. The zero-order valence-corrected chi connectivity index (χ0v) is 13.5. The number of hydrogen-bond acceptors (Lipinski definition) is 2. The number of benzene rings is 2. The van der Waals surface area contributed by atoms with E-state index in [4.69, 9.17) is 4.74 Å². The number of para-hydroxylation sites is 1. The van der Waals surface area contributed by atoms with Crippen LogP contribution in [0.25, 0.3) is 10.9 Å². The van der Waals surface area contributed by atoms with Gasteiger partial charge in [0.25, 0.3) is 5.91 Å². The Kier molecular flexibility index (Phi) is 4.06. The van der Waals surface area contributed by atoms with Crippen molar-refractivity contribution < 1.29 is 9.53 Å². The van der Waals surface area contributed by atoms with Crippen molar-refractivity contribution >= 4 is 22.5 Å². The van der Waals surface area contributed by atoms with E-state index in [2.05, 4.69) is 24.1 Å². The largest absolute Gasteiger partial charge is 0.497 e. The molecule has 2 aromatic carbocycles. The van der Waals surface area contributed by atoms with Crippen LogP contribution < -0.4 is 10.1 Å². The number of ether oxygens (including phenoxy) is 1. The van der Waals surface area contributed by atoms with Crippen LogP contribution in [0, 0.1) is 0 Å². The van der Waals surface area contributed by atoms with Crippen molar-refractivity contribution in [3.05, 3.63) is 59.8 Å². The van der Waals surface area contributed by atoms with Gasteiger partial charge in [-0.05, 0) is 29.7 Å². The third-order valence-corrected chi connectivity index (χ3v) is 3.96. The summed E-state index contributed by atoms with van der Waals surface area (Å²) in [6, 6.07) is 13.5. The number of aromatic nitrogens is 1. The first-order valence-electron chi connectivity index (χ1n) is 7.65. The normalized spacial score (nSPS) is 11.0. The Labute approximate surface area is 135 Å². The first kappa shape index (κ1) is 15.2. The molecule has 1 heterocycles. The van der Waals surface area contributed by atoms with E-state index in [0.29, 0.717) is 11.5 Å². The molecule has 0 spiro atoms. The highest BCUT2D eigenvalue weighted by molar-refractivity contribution is 6.13. The van der Waals surface area contributed by atoms with Gasteiger partial charge in [-0.25, -0.2) is 0 Å². The summed E-state index contributed by atoms with van der Waals surface area (Å²) < 4.78 is 5.21. The monoisotopic (exact) mass is 308 g/mol. The highest BCUT2D eigenvalue weighted by atomic mass is 16.5. The van der Waals surface area contributed by atoms with Gasteiger partial charge in [0.1, 0.15) is 5.75 Å². The molecule has 0 unspecified atom stereocenters. The molecule has 118 valence electrons. The molecule has 0 radical (unpaired) electrons. The highest BCUT2D eigenvalue weighted by Gasteiger charge is 2.15. The van der Waals surface area contributed by atoms with E-state index in [1.54, 1.807) is 13.3 Å². The SMILES string of the molecule is COc1ccc2c(C(=O)Nc3ccccc3C(C)C)c[nH]c2c1. The number of rotatable bonds is 4. The Morgan fingerprint density at radius 2 is 1.96 bits per heavy atom. The Balaban J connectivity index is 1.93. The Hall–Kier alpha value is -2.75. The zero-order chi connectivity index (χ0) is 16.4. The summed E-state index contributed by atoms with van der Waals surface area (Å²) in [6.07, 6.45) is 1.73. The van der Waals surface area contributed by atoms with Crippen LogP contribution in [0.1, 0.15) is 35.7 Å². The van der Waals surface area contributed by atoms with Gasteiger partial charge in [0.2, 0.25) is 0 Å². The van der Waals surface area contributed by atoms with Crippen molar-refractivity contribution in [1.29, 1.82) is 0 Å². The minimum atomic E-state index is -0.116. The molecule has 1 aromatic heterocycles. The first-order valence-corrected chi connectivity index (χ1v) is 7.65. The number of methoxy groups -OCH3 is 1. The number of nitrogens with one attached hydrogen (secondary N) is 2. The Morgan fingerprint density at radius 3 is 2.70 bits per heavy atom. The molecule has 23 heavy (non-hydrogen) atoms. The number of anilines is 1. The van der Waals surface area contributed by atoms with Crippen molar-refractivity contribution in [2.45, 2.75) is 19.8 Å². The predicted molar refractivity (Wildman–Crippen MR) is 93.3 cm³/mol. The van der Waals surface area contributed by atoms with Gasteiger partial charge < -0.3 is 15.0 Å². The highest BCUT2D eigenvalue weighted by Crippen LogP contribution is 2.27. The van der Waals surface area contributed by atoms with Crippen LogP contribution in [0.15, 0.2) is 48.7 Å². The second-order valence-electron chi connectivity index (χ2n) is 5.81. The summed E-state index contributed by atoms with van der Waals surface area (Å²) in [5, 5.41) is 3.90. The lowest BCUT2D eigenvalue weighted by molar-refractivity contribution is 0.102. The molecular weight excluding hydrogens is 288 g/mol. The maximum atomic E-state index is 12.7. The molecule has 0 fully saturated rings. The van der Waals surface area contributed by atoms with Gasteiger partial charge in [-0.15, -0.1) is 0 Å². The number of carbonyl (C=O) groups is 1. The number of aromatic amines is 1. The molecule has 0 aliphatic heterocycles. The average molecular weight is 308 g/mol. The van der Waals surface area contributed by atoms with Gasteiger partial charge in [-0.2, -0.15) is 0 Å². The Bertz CT molecular complexity index is 849. The first-order chi connectivity index (χ1) is 11.1. The van der Waals surface area contributed by atoms with Crippen LogP contribution in [0.2, 0.25) is 0 Å². The summed E-state index contributed by atoms with van der Waals surface area (Å²) in [6.45, 7) is 4.23. The minimum Gasteiger partial charge on any atom is -0.497 e. The molecule has 0 aliphatic carbocycles. The second kappa shape index (κ2) is 6.16. The van der Waals surface area contributed by atoms with E-state index in [0.717, 1.165) is 27.9 Å². The molecule has 4 nitrogen and oxygen atoms in total. The average Bonchev–Trinajstić information content (AvgIpc) is 2.98.